The average Bonchev–Trinajstić information content (AvgIpc) is 2.37. The Kier molecular flexibility index (Phi) is 3.76. The molecule has 0 bridgehead atoms. The van der Waals surface area contributed by atoms with Crippen LogP contribution in [0.2, 0.25) is 5.02 Å². The summed E-state index contributed by atoms with van der Waals surface area (Å²) in [4.78, 5) is 15.7. The van der Waals surface area contributed by atoms with Crippen molar-refractivity contribution >= 4 is 23.3 Å². The van der Waals surface area contributed by atoms with E-state index in [1.54, 1.807) is 6.07 Å². The first-order chi connectivity index (χ1) is 9.00. The van der Waals surface area contributed by atoms with Crippen molar-refractivity contribution in [2.24, 2.45) is 0 Å². The predicted octanol–water partition coefficient (Wildman–Crippen LogP) is 3.57. The quantitative estimate of drug-likeness (QED) is 0.915. The summed E-state index contributed by atoms with van der Waals surface area (Å²) >= 11 is 5.80. The zero-order valence-corrected chi connectivity index (χ0v) is 10.6. The number of anilines is 1. The van der Waals surface area contributed by atoms with Crippen molar-refractivity contribution in [3.63, 3.8) is 0 Å². The van der Waals surface area contributed by atoms with Crippen LogP contribution in [0.25, 0.3) is 0 Å². The zero-order chi connectivity index (χ0) is 14.0. The molecule has 0 fully saturated rings. The van der Waals surface area contributed by atoms with Crippen molar-refractivity contribution in [1.29, 1.82) is 0 Å². The number of aryl methyl sites for hydroxylation is 1. The van der Waals surface area contributed by atoms with Crippen LogP contribution in [0, 0.1) is 18.6 Å². The van der Waals surface area contributed by atoms with Crippen LogP contribution in [0.1, 0.15) is 15.9 Å². The van der Waals surface area contributed by atoms with Gasteiger partial charge in [-0.1, -0.05) is 17.7 Å². The van der Waals surface area contributed by atoms with E-state index >= 15 is 0 Å². The molecule has 1 N–H and O–H groups in total. The van der Waals surface area contributed by atoms with E-state index in [2.05, 4.69) is 10.3 Å². The van der Waals surface area contributed by atoms with Crippen molar-refractivity contribution in [2.45, 2.75) is 6.92 Å². The van der Waals surface area contributed by atoms with E-state index in [4.69, 9.17) is 11.6 Å². The lowest BCUT2D eigenvalue weighted by Gasteiger charge is -2.08. The minimum Gasteiger partial charge on any atom is -0.305 e. The van der Waals surface area contributed by atoms with Crippen LogP contribution in [-0.2, 0) is 0 Å². The number of halogens is 3. The summed E-state index contributed by atoms with van der Waals surface area (Å²) in [6.45, 7) is 1.44. The van der Waals surface area contributed by atoms with Crippen LogP contribution in [0.15, 0.2) is 30.5 Å². The van der Waals surface area contributed by atoms with Crippen LogP contribution in [0.3, 0.4) is 0 Å². The average molecular weight is 283 g/mol. The molecule has 1 aromatic heterocycles. The Labute approximate surface area is 113 Å². The van der Waals surface area contributed by atoms with Crippen LogP contribution in [0.5, 0.6) is 0 Å². The molecule has 0 aliphatic rings. The van der Waals surface area contributed by atoms with E-state index in [0.717, 1.165) is 6.07 Å². The molecule has 0 saturated heterocycles. The second kappa shape index (κ2) is 5.32. The van der Waals surface area contributed by atoms with Gasteiger partial charge in [-0.3, -0.25) is 4.79 Å². The summed E-state index contributed by atoms with van der Waals surface area (Å²) in [6.07, 6.45) is 1.41. The normalized spacial score (nSPS) is 10.3. The fraction of sp³-hybridized carbons (Fsp3) is 0.0769. The maximum atomic E-state index is 13.8. The molecule has 0 saturated carbocycles. The second-order valence-electron chi connectivity index (χ2n) is 3.84. The fourth-order valence-electron chi connectivity index (χ4n) is 1.51. The lowest BCUT2D eigenvalue weighted by Crippen LogP contribution is -2.17. The summed E-state index contributed by atoms with van der Waals surface area (Å²) in [7, 11) is 0. The number of carbonyl (C=O) groups excluding carboxylic acids is 1. The molecule has 0 aliphatic carbocycles. The molecule has 6 heteroatoms. The predicted molar refractivity (Wildman–Crippen MR) is 68.3 cm³/mol. The minimum atomic E-state index is -0.937. The fourth-order valence-corrected chi connectivity index (χ4v) is 1.68. The highest BCUT2D eigenvalue weighted by Gasteiger charge is 2.20. The zero-order valence-electron chi connectivity index (χ0n) is 9.88. The molecule has 98 valence electrons. The Hall–Kier alpha value is -2.01. The number of aromatic nitrogens is 1. The molecule has 1 aromatic carbocycles. The third kappa shape index (κ3) is 2.71. The van der Waals surface area contributed by atoms with Crippen molar-refractivity contribution < 1.29 is 13.6 Å². The molecular formula is C13H9ClF2N2O. The van der Waals surface area contributed by atoms with Crippen molar-refractivity contribution in [3.05, 3.63) is 58.2 Å². The number of pyridine rings is 1. The Morgan fingerprint density at radius 2 is 2.05 bits per heavy atom. The molecular weight excluding hydrogens is 274 g/mol. The van der Waals surface area contributed by atoms with Gasteiger partial charge in [0.05, 0.1) is 5.02 Å². The third-order valence-electron chi connectivity index (χ3n) is 2.50. The SMILES string of the molecule is Cc1ccc(F)c(C(=O)Nc2ncccc2Cl)c1F. The van der Waals surface area contributed by atoms with E-state index in [1.165, 1.54) is 25.3 Å². The summed E-state index contributed by atoms with van der Waals surface area (Å²) in [6, 6.07) is 5.38. The maximum Gasteiger partial charge on any atom is 0.262 e. The van der Waals surface area contributed by atoms with E-state index < -0.39 is 23.1 Å². The molecule has 3 nitrogen and oxygen atoms in total. The number of hydrogen-bond donors (Lipinski definition) is 1. The number of hydrogen-bond acceptors (Lipinski definition) is 2. The molecule has 1 heterocycles. The first-order valence-corrected chi connectivity index (χ1v) is 5.75. The van der Waals surface area contributed by atoms with Gasteiger partial charge in [0.1, 0.15) is 17.2 Å². The van der Waals surface area contributed by atoms with Crippen molar-refractivity contribution in [1.82, 2.24) is 4.98 Å². The Morgan fingerprint density at radius 3 is 2.74 bits per heavy atom. The molecule has 1 amide bonds. The smallest absolute Gasteiger partial charge is 0.262 e. The first-order valence-electron chi connectivity index (χ1n) is 5.37. The number of carbonyl (C=O) groups is 1. The number of nitrogens with one attached hydrogen (secondary N) is 1. The Balaban J connectivity index is 2.36. The van der Waals surface area contributed by atoms with Crippen molar-refractivity contribution in [3.8, 4) is 0 Å². The van der Waals surface area contributed by atoms with Crippen LogP contribution < -0.4 is 5.32 Å². The van der Waals surface area contributed by atoms with Crippen LogP contribution in [0.4, 0.5) is 14.6 Å². The van der Waals surface area contributed by atoms with Crippen LogP contribution >= 0.6 is 11.6 Å². The summed E-state index contributed by atoms with van der Waals surface area (Å²) in [5.41, 5.74) is -0.472. The molecule has 0 aliphatic heterocycles. The van der Waals surface area contributed by atoms with Gasteiger partial charge in [0, 0.05) is 6.20 Å². The molecule has 0 unspecified atom stereocenters. The summed E-state index contributed by atoms with van der Waals surface area (Å²) < 4.78 is 27.3. The highest BCUT2D eigenvalue weighted by molar-refractivity contribution is 6.33. The number of nitrogens with zero attached hydrogens (tertiary/aromatic N) is 1. The molecule has 0 radical (unpaired) electrons. The molecule has 0 spiro atoms. The van der Waals surface area contributed by atoms with Gasteiger partial charge < -0.3 is 5.32 Å². The number of amides is 1. The topological polar surface area (TPSA) is 42.0 Å². The minimum absolute atomic E-state index is 0.0504. The lowest BCUT2D eigenvalue weighted by molar-refractivity contribution is 0.101. The van der Waals surface area contributed by atoms with E-state index in [1.807, 2.05) is 0 Å². The van der Waals surface area contributed by atoms with Gasteiger partial charge in [0.15, 0.2) is 5.82 Å². The van der Waals surface area contributed by atoms with Gasteiger partial charge in [0.2, 0.25) is 0 Å². The van der Waals surface area contributed by atoms with Gasteiger partial charge in [0.25, 0.3) is 5.91 Å². The van der Waals surface area contributed by atoms with E-state index in [-0.39, 0.29) is 16.4 Å². The maximum absolute atomic E-state index is 13.8. The Bertz CT molecular complexity index is 647. The van der Waals surface area contributed by atoms with Crippen LogP contribution in [-0.4, -0.2) is 10.9 Å². The monoisotopic (exact) mass is 282 g/mol. The standard InChI is InChI=1S/C13H9ClF2N2O/c1-7-4-5-9(15)10(11(7)16)13(19)18-12-8(14)3-2-6-17-12/h2-6H,1H3,(H,17,18,19). The van der Waals surface area contributed by atoms with E-state index in [0.29, 0.717) is 0 Å². The molecule has 2 rings (SSSR count). The Morgan fingerprint density at radius 1 is 1.32 bits per heavy atom. The largest absolute Gasteiger partial charge is 0.305 e. The third-order valence-corrected chi connectivity index (χ3v) is 2.81. The van der Waals surface area contributed by atoms with Gasteiger partial charge >= 0.3 is 0 Å². The van der Waals surface area contributed by atoms with Gasteiger partial charge in [-0.05, 0) is 30.7 Å². The molecule has 19 heavy (non-hydrogen) atoms. The summed E-state index contributed by atoms with van der Waals surface area (Å²) in [5, 5.41) is 2.46. The highest BCUT2D eigenvalue weighted by atomic mass is 35.5. The molecule has 0 atom stereocenters. The molecule has 2 aromatic rings. The highest BCUT2D eigenvalue weighted by Crippen LogP contribution is 2.21. The number of rotatable bonds is 2. The number of benzene rings is 1. The van der Waals surface area contributed by atoms with Gasteiger partial charge in [-0.15, -0.1) is 0 Å². The van der Waals surface area contributed by atoms with Gasteiger partial charge in [-0.2, -0.15) is 0 Å². The van der Waals surface area contributed by atoms with E-state index in [9.17, 15) is 13.6 Å². The lowest BCUT2D eigenvalue weighted by atomic mass is 10.1. The van der Waals surface area contributed by atoms with Crippen molar-refractivity contribution in [2.75, 3.05) is 5.32 Å². The van der Waals surface area contributed by atoms with Gasteiger partial charge in [-0.25, -0.2) is 13.8 Å². The second-order valence-corrected chi connectivity index (χ2v) is 4.25. The summed E-state index contributed by atoms with van der Waals surface area (Å²) in [5.74, 6) is -2.72. The first kappa shape index (κ1) is 13.4.